The molecule has 0 fully saturated rings. The molecule has 0 aliphatic carbocycles. The Morgan fingerprint density at radius 3 is 2.65 bits per heavy atom. The van der Waals surface area contributed by atoms with Crippen molar-refractivity contribution >= 4 is 10.9 Å². The van der Waals surface area contributed by atoms with E-state index < -0.39 is 0 Å². The van der Waals surface area contributed by atoms with Gasteiger partial charge in [0.1, 0.15) is 6.33 Å². The van der Waals surface area contributed by atoms with Crippen molar-refractivity contribution in [3.8, 4) is 11.1 Å². The van der Waals surface area contributed by atoms with E-state index in [1.165, 1.54) is 11.9 Å². The molecule has 2 aromatic heterocycles. The predicted octanol–water partition coefficient (Wildman–Crippen LogP) is 3.00. The number of benzene rings is 1. The summed E-state index contributed by atoms with van der Waals surface area (Å²) in [6.07, 6.45) is 7.01. The number of fused-ring (bicyclic) bond motifs is 1. The average Bonchev–Trinajstić information content (AvgIpc) is 2.41. The lowest BCUT2D eigenvalue weighted by Gasteiger charge is -2.07. The van der Waals surface area contributed by atoms with Crippen LogP contribution in [0.1, 0.15) is 5.56 Å². The van der Waals surface area contributed by atoms with Crippen molar-refractivity contribution in [2.75, 3.05) is 0 Å². The molecule has 0 unspecified atom stereocenters. The van der Waals surface area contributed by atoms with Crippen LogP contribution >= 0.6 is 0 Å². The third-order valence-electron chi connectivity index (χ3n) is 2.84. The van der Waals surface area contributed by atoms with Crippen LogP contribution in [0.25, 0.3) is 22.0 Å². The number of aromatic nitrogens is 3. The second-order valence-corrected chi connectivity index (χ2v) is 3.96. The molecule has 0 radical (unpaired) electrons. The minimum absolute atomic E-state index is 1.02. The lowest BCUT2D eigenvalue weighted by Crippen LogP contribution is -1.88. The number of hydrogen-bond donors (Lipinski definition) is 0. The molecule has 0 aliphatic heterocycles. The van der Waals surface area contributed by atoms with Crippen LogP contribution < -0.4 is 0 Å². The first-order valence-electron chi connectivity index (χ1n) is 5.46. The van der Waals surface area contributed by atoms with Crippen LogP contribution in [0.15, 0.2) is 49.2 Å². The molecule has 3 nitrogen and oxygen atoms in total. The third kappa shape index (κ3) is 1.65. The number of hydrogen-bond acceptors (Lipinski definition) is 3. The summed E-state index contributed by atoms with van der Waals surface area (Å²) in [7, 11) is 0. The number of pyridine rings is 1. The van der Waals surface area contributed by atoms with Gasteiger partial charge in [0, 0.05) is 29.5 Å². The molecule has 0 N–H and O–H groups in total. The molecule has 1 aromatic carbocycles. The summed E-state index contributed by atoms with van der Waals surface area (Å²) in [5, 5.41) is 1.14. The van der Waals surface area contributed by atoms with E-state index in [1.807, 2.05) is 24.7 Å². The van der Waals surface area contributed by atoms with Crippen molar-refractivity contribution in [3.05, 3.63) is 54.7 Å². The Morgan fingerprint density at radius 1 is 1.00 bits per heavy atom. The van der Waals surface area contributed by atoms with Gasteiger partial charge in [-0.3, -0.25) is 4.98 Å². The molecule has 3 heteroatoms. The Balaban J connectivity index is 2.35. The summed E-state index contributed by atoms with van der Waals surface area (Å²) < 4.78 is 0. The maximum absolute atomic E-state index is 4.43. The largest absolute Gasteiger partial charge is 0.256 e. The van der Waals surface area contributed by atoms with Gasteiger partial charge in [0.2, 0.25) is 0 Å². The summed E-state index contributed by atoms with van der Waals surface area (Å²) in [5.74, 6) is 0. The topological polar surface area (TPSA) is 38.7 Å². The van der Waals surface area contributed by atoms with E-state index >= 15 is 0 Å². The van der Waals surface area contributed by atoms with Gasteiger partial charge in [0.25, 0.3) is 0 Å². The summed E-state index contributed by atoms with van der Waals surface area (Å²) in [6, 6.07) is 8.21. The molecule has 0 saturated carbocycles. The maximum atomic E-state index is 4.43. The van der Waals surface area contributed by atoms with Crippen LogP contribution in [0.2, 0.25) is 0 Å². The van der Waals surface area contributed by atoms with Crippen LogP contribution in [0.3, 0.4) is 0 Å². The Hall–Kier alpha value is -2.29. The van der Waals surface area contributed by atoms with E-state index in [-0.39, 0.29) is 0 Å². The van der Waals surface area contributed by atoms with Crippen LogP contribution in [0, 0.1) is 6.92 Å². The molecule has 3 aromatic rings. The molecular weight excluding hydrogens is 210 g/mol. The first-order chi connectivity index (χ1) is 8.36. The fourth-order valence-electron chi connectivity index (χ4n) is 2.00. The summed E-state index contributed by atoms with van der Waals surface area (Å²) in [4.78, 5) is 12.5. The molecule has 0 atom stereocenters. The summed E-state index contributed by atoms with van der Waals surface area (Å²) in [5.41, 5.74) is 4.36. The SMILES string of the molecule is Cc1ccc(-c2cncnc2)c2cccnc12. The molecule has 82 valence electrons. The lowest BCUT2D eigenvalue weighted by atomic mass is 10.0. The molecule has 0 saturated heterocycles. The molecule has 0 spiro atoms. The van der Waals surface area contributed by atoms with Gasteiger partial charge in [-0.25, -0.2) is 9.97 Å². The highest BCUT2D eigenvalue weighted by Crippen LogP contribution is 2.28. The molecule has 2 heterocycles. The van der Waals surface area contributed by atoms with Gasteiger partial charge in [-0.05, 0) is 24.1 Å². The van der Waals surface area contributed by atoms with Gasteiger partial charge in [-0.1, -0.05) is 18.2 Å². The van der Waals surface area contributed by atoms with Gasteiger partial charge in [0.05, 0.1) is 5.52 Å². The Morgan fingerprint density at radius 2 is 1.82 bits per heavy atom. The van der Waals surface area contributed by atoms with Crippen LogP contribution in [0.5, 0.6) is 0 Å². The van der Waals surface area contributed by atoms with Gasteiger partial charge < -0.3 is 0 Å². The molecule has 0 bridgehead atoms. The Labute approximate surface area is 99.2 Å². The van der Waals surface area contributed by atoms with E-state index in [0.717, 1.165) is 22.0 Å². The van der Waals surface area contributed by atoms with Crippen LogP contribution in [0.4, 0.5) is 0 Å². The number of aryl methyl sites for hydroxylation is 1. The zero-order valence-electron chi connectivity index (χ0n) is 9.46. The third-order valence-corrected chi connectivity index (χ3v) is 2.84. The number of nitrogens with zero attached hydrogens (tertiary/aromatic N) is 3. The zero-order valence-corrected chi connectivity index (χ0v) is 9.46. The molecular formula is C14H11N3. The fourth-order valence-corrected chi connectivity index (χ4v) is 2.00. The van der Waals surface area contributed by atoms with Crippen LogP contribution in [-0.4, -0.2) is 15.0 Å². The lowest BCUT2D eigenvalue weighted by molar-refractivity contribution is 1.17. The van der Waals surface area contributed by atoms with Crippen molar-refractivity contribution in [2.24, 2.45) is 0 Å². The normalized spacial score (nSPS) is 10.6. The monoisotopic (exact) mass is 221 g/mol. The molecule has 0 aliphatic rings. The van der Waals surface area contributed by atoms with Gasteiger partial charge >= 0.3 is 0 Å². The predicted molar refractivity (Wildman–Crippen MR) is 67.5 cm³/mol. The molecule has 3 rings (SSSR count). The van der Waals surface area contributed by atoms with Gasteiger partial charge in [0.15, 0.2) is 0 Å². The number of rotatable bonds is 1. The fraction of sp³-hybridized carbons (Fsp3) is 0.0714. The first-order valence-corrected chi connectivity index (χ1v) is 5.46. The zero-order chi connectivity index (χ0) is 11.7. The van der Waals surface area contributed by atoms with E-state index in [2.05, 4.69) is 40.1 Å². The average molecular weight is 221 g/mol. The maximum Gasteiger partial charge on any atom is 0.115 e. The first kappa shape index (κ1) is 9.90. The van der Waals surface area contributed by atoms with Crippen LogP contribution in [-0.2, 0) is 0 Å². The van der Waals surface area contributed by atoms with Crippen molar-refractivity contribution in [2.45, 2.75) is 6.92 Å². The van der Waals surface area contributed by atoms with E-state index in [0.29, 0.717) is 0 Å². The second kappa shape index (κ2) is 3.94. The van der Waals surface area contributed by atoms with E-state index in [4.69, 9.17) is 0 Å². The van der Waals surface area contributed by atoms with Gasteiger partial charge in [-0.2, -0.15) is 0 Å². The van der Waals surface area contributed by atoms with Crippen molar-refractivity contribution < 1.29 is 0 Å². The summed E-state index contributed by atoms with van der Waals surface area (Å²) in [6.45, 7) is 2.07. The Kier molecular flexibility index (Phi) is 2.29. The Bertz CT molecular complexity index is 663. The highest BCUT2D eigenvalue weighted by Gasteiger charge is 2.06. The van der Waals surface area contributed by atoms with Crippen molar-refractivity contribution in [1.29, 1.82) is 0 Å². The van der Waals surface area contributed by atoms with E-state index in [1.54, 1.807) is 0 Å². The minimum atomic E-state index is 1.02. The quantitative estimate of drug-likeness (QED) is 0.634. The molecule has 0 amide bonds. The smallest absolute Gasteiger partial charge is 0.115 e. The molecule has 17 heavy (non-hydrogen) atoms. The summed E-state index contributed by atoms with van der Waals surface area (Å²) >= 11 is 0. The minimum Gasteiger partial charge on any atom is -0.256 e. The van der Waals surface area contributed by atoms with Crippen molar-refractivity contribution in [1.82, 2.24) is 15.0 Å². The second-order valence-electron chi connectivity index (χ2n) is 3.96. The highest BCUT2D eigenvalue weighted by molar-refractivity contribution is 5.95. The van der Waals surface area contributed by atoms with Crippen molar-refractivity contribution in [3.63, 3.8) is 0 Å². The highest BCUT2D eigenvalue weighted by atomic mass is 14.8. The van der Waals surface area contributed by atoms with Gasteiger partial charge in [-0.15, -0.1) is 0 Å². The standard InChI is InChI=1S/C14H11N3/c1-10-4-5-12(11-7-15-9-16-8-11)13-3-2-6-17-14(10)13/h2-9H,1H3. The van der Waals surface area contributed by atoms with E-state index in [9.17, 15) is 0 Å².